The summed E-state index contributed by atoms with van der Waals surface area (Å²) in [6, 6.07) is 0. The van der Waals surface area contributed by atoms with Crippen molar-refractivity contribution >= 4 is 5.69 Å². The van der Waals surface area contributed by atoms with E-state index in [2.05, 4.69) is 23.7 Å². The summed E-state index contributed by atoms with van der Waals surface area (Å²) in [4.78, 5) is 8.14. The summed E-state index contributed by atoms with van der Waals surface area (Å²) < 4.78 is 0. The van der Waals surface area contributed by atoms with Crippen molar-refractivity contribution in [2.45, 2.75) is 46.0 Å². The van der Waals surface area contributed by atoms with E-state index in [1.165, 1.54) is 24.0 Å². The number of hydrogen-bond acceptors (Lipinski definition) is 1. The summed E-state index contributed by atoms with van der Waals surface area (Å²) >= 11 is 0. The van der Waals surface area contributed by atoms with Gasteiger partial charge in [0.05, 0.1) is 6.57 Å². The highest BCUT2D eigenvalue weighted by molar-refractivity contribution is 5.61. The molecule has 1 heterocycles. The Morgan fingerprint density at radius 2 is 2.07 bits per heavy atom. The van der Waals surface area contributed by atoms with E-state index in [9.17, 15) is 0 Å². The summed E-state index contributed by atoms with van der Waals surface area (Å²) in [7, 11) is 0. The second-order valence-electron chi connectivity index (χ2n) is 4.43. The molecule has 0 saturated heterocycles. The van der Waals surface area contributed by atoms with E-state index in [1.807, 2.05) is 6.92 Å². The second kappa shape index (κ2) is 3.66. The molecular weight excluding hydrogens is 184 g/mol. The number of fused-ring (bicyclic) bond motifs is 1. The summed E-state index contributed by atoms with van der Waals surface area (Å²) in [5.41, 5.74) is 5.45. The van der Waals surface area contributed by atoms with Crippen LogP contribution in [0.1, 0.15) is 48.2 Å². The standard InChI is InChI=1S/C13H16N2/c1-8-6-5-7-11-12(8)9(2)15-10(3)13(11)14-4/h8H,5-7H2,1-3H3. The van der Waals surface area contributed by atoms with Crippen molar-refractivity contribution in [2.75, 3.05) is 0 Å². The Balaban J connectivity index is 2.72. The van der Waals surface area contributed by atoms with Gasteiger partial charge < -0.3 is 0 Å². The largest absolute Gasteiger partial charge is 0.270 e. The minimum Gasteiger partial charge on any atom is -0.270 e. The lowest BCUT2D eigenvalue weighted by molar-refractivity contribution is 0.584. The highest BCUT2D eigenvalue weighted by atomic mass is 14.8. The molecule has 2 heteroatoms. The van der Waals surface area contributed by atoms with Gasteiger partial charge in [-0.1, -0.05) is 6.92 Å². The number of aromatic nitrogens is 1. The molecule has 1 atom stereocenters. The topological polar surface area (TPSA) is 17.2 Å². The van der Waals surface area contributed by atoms with Gasteiger partial charge in [0, 0.05) is 11.4 Å². The average Bonchev–Trinajstić information content (AvgIpc) is 2.17. The third kappa shape index (κ3) is 1.52. The summed E-state index contributed by atoms with van der Waals surface area (Å²) in [6.07, 6.45) is 3.50. The smallest absolute Gasteiger partial charge is 0.211 e. The van der Waals surface area contributed by atoms with Gasteiger partial charge in [0.25, 0.3) is 0 Å². The Morgan fingerprint density at radius 3 is 2.73 bits per heavy atom. The van der Waals surface area contributed by atoms with Crippen LogP contribution in [0.3, 0.4) is 0 Å². The van der Waals surface area contributed by atoms with Crippen LogP contribution in [0.15, 0.2) is 0 Å². The Labute approximate surface area is 91.2 Å². The quantitative estimate of drug-likeness (QED) is 0.584. The summed E-state index contributed by atoms with van der Waals surface area (Å²) in [6.45, 7) is 13.5. The Kier molecular flexibility index (Phi) is 2.48. The molecule has 0 aliphatic heterocycles. The lowest BCUT2D eigenvalue weighted by Gasteiger charge is -2.25. The molecule has 78 valence electrons. The normalized spacial score (nSPS) is 19.5. The first-order valence-corrected chi connectivity index (χ1v) is 5.52. The van der Waals surface area contributed by atoms with Gasteiger partial charge >= 0.3 is 0 Å². The van der Waals surface area contributed by atoms with Crippen LogP contribution in [0.4, 0.5) is 5.69 Å². The molecule has 1 unspecified atom stereocenters. The zero-order valence-electron chi connectivity index (χ0n) is 9.59. The van der Waals surface area contributed by atoms with Gasteiger partial charge in [-0.15, -0.1) is 0 Å². The van der Waals surface area contributed by atoms with Crippen molar-refractivity contribution in [1.29, 1.82) is 0 Å². The molecule has 15 heavy (non-hydrogen) atoms. The van der Waals surface area contributed by atoms with E-state index in [-0.39, 0.29) is 0 Å². The Bertz CT molecular complexity index is 441. The van der Waals surface area contributed by atoms with Gasteiger partial charge in [0.2, 0.25) is 5.69 Å². The summed E-state index contributed by atoms with van der Waals surface area (Å²) in [5.74, 6) is 0.572. The van der Waals surface area contributed by atoms with Crippen LogP contribution in [0.25, 0.3) is 4.85 Å². The zero-order valence-corrected chi connectivity index (χ0v) is 9.59. The van der Waals surface area contributed by atoms with Crippen LogP contribution in [-0.2, 0) is 6.42 Å². The van der Waals surface area contributed by atoms with Crippen molar-refractivity contribution in [2.24, 2.45) is 0 Å². The van der Waals surface area contributed by atoms with E-state index >= 15 is 0 Å². The maximum absolute atomic E-state index is 7.25. The van der Waals surface area contributed by atoms with Crippen molar-refractivity contribution in [3.63, 3.8) is 0 Å². The molecule has 0 saturated carbocycles. The highest BCUT2D eigenvalue weighted by Gasteiger charge is 2.23. The maximum Gasteiger partial charge on any atom is 0.211 e. The molecule has 2 nitrogen and oxygen atoms in total. The zero-order chi connectivity index (χ0) is 11.0. The number of pyridine rings is 1. The first kappa shape index (κ1) is 10.2. The van der Waals surface area contributed by atoms with E-state index in [0.29, 0.717) is 5.92 Å². The monoisotopic (exact) mass is 200 g/mol. The molecule has 0 fully saturated rings. The SMILES string of the molecule is [C-]#[N+]c1c(C)nc(C)c2c1CCCC2C. The number of nitrogens with zero attached hydrogens (tertiary/aromatic N) is 2. The molecule has 0 amide bonds. The molecule has 2 rings (SSSR count). The van der Waals surface area contributed by atoms with Crippen molar-refractivity contribution in [3.8, 4) is 0 Å². The third-order valence-electron chi connectivity index (χ3n) is 3.35. The lowest BCUT2D eigenvalue weighted by atomic mass is 9.82. The number of rotatable bonds is 0. The van der Waals surface area contributed by atoms with Crippen molar-refractivity contribution in [1.82, 2.24) is 4.98 Å². The highest BCUT2D eigenvalue weighted by Crippen LogP contribution is 2.39. The molecule has 0 N–H and O–H groups in total. The predicted molar refractivity (Wildman–Crippen MR) is 61.3 cm³/mol. The van der Waals surface area contributed by atoms with Gasteiger partial charge in [-0.2, -0.15) is 0 Å². The van der Waals surface area contributed by atoms with Gasteiger partial charge in [0.15, 0.2) is 0 Å². The number of aryl methyl sites for hydroxylation is 2. The third-order valence-corrected chi connectivity index (χ3v) is 3.35. The molecule has 0 radical (unpaired) electrons. The molecule has 1 aromatic heterocycles. The Hall–Kier alpha value is -1.36. The fourth-order valence-corrected chi connectivity index (χ4v) is 2.71. The Morgan fingerprint density at radius 1 is 1.33 bits per heavy atom. The molecule has 1 aromatic rings. The van der Waals surface area contributed by atoms with Crippen molar-refractivity contribution < 1.29 is 0 Å². The van der Waals surface area contributed by atoms with Crippen LogP contribution in [0, 0.1) is 20.4 Å². The average molecular weight is 200 g/mol. The molecule has 0 aromatic carbocycles. The van der Waals surface area contributed by atoms with Gasteiger partial charge in [-0.05, 0) is 50.2 Å². The van der Waals surface area contributed by atoms with E-state index in [4.69, 9.17) is 6.57 Å². The van der Waals surface area contributed by atoms with E-state index < -0.39 is 0 Å². The molecule has 0 spiro atoms. The first-order chi connectivity index (χ1) is 7.15. The molecule has 0 bridgehead atoms. The van der Waals surface area contributed by atoms with Crippen LogP contribution in [-0.4, -0.2) is 4.98 Å². The minimum absolute atomic E-state index is 0.572. The van der Waals surface area contributed by atoms with Gasteiger partial charge in [-0.3, -0.25) is 4.98 Å². The first-order valence-electron chi connectivity index (χ1n) is 5.52. The summed E-state index contributed by atoms with van der Waals surface area (Å²) in [5, 5.41) is 0. The van der Waals surface area contributed by atoms with Crippen LogP contribution >= 0.6 is 0 Å². The van der Waals surface area contributed by atoms with Gasteiger partial charge in [0.1, 0.15) is 0 Å². The second-order valence-corrected chi connectivity index (χ2v) is 4.43. The predicted octanol–water partition coefficient (Wildman–Crippen LogP) is 3.69. The van der Waals surface area contributed by atoms with E-state index in [0.717, 1.165) is 23.5 Å². The van der Waals surface area contributed by atoms with Crippen LogP contribution in [0.5, 0.6) is 0 Å². The van der Waals surface area contributed by atoms with Crippen molar-refractivity contribution in [3.05, 3.63) is 33.9 Å². The van der Waals surface area contributed by atoms with E-state index in [1.54, 1.807) is 0 Å². The maximum atomic E-state index is 7.25. The molecule has 1 aliphatic rings. The minimum atomic E-state index is 0.572. The molecule has 1 aliphatic carbocycles. The van der Waals surface area contributed by atoms with Crippen LogP contribution in [0.2, 0.25) is 0 Å². The lowest BCUT2D eigenvalue weighted by Crippen LogP contribution is -2.11. The van der Waals surface area contributed by atoms with Crippen LogP contribution < -0.4 is 0 Å². The fraction of sp³-hybridized carbons (Fsp3) is 0.538. The number of hydrogen-bond donors (Lipinski definition) is 0. The van der Waals surface area contributed by atoms with Gasteiger partial charge in [-0.25, -0.2) is 4.85 Å². The molecular formula is C13H16N2. The fourth-order valence-electron chi connectivity index (χ4n) is 2.71.